The summed E-state index contributed by atoms with van der Waals surface area (Å²) in [5.41, 5.74) is 0.796. The third kappa shape index (κ3) is 4.12. The first-order chi connectivity index (χ1) is 9.08. The van der Waals surface area contributed by atoms with Crippen LogP contribution in [0.1, 0.15) is 25.3 Å². The molecule has 0 saturated carbocycles. The highest BCUT2D eigenvalue weighted by Gasteiger charge is 2.21. The van der Waals surface area contributed by atoms with Crippen molar-refractivity contribution in [1.29, 1.82) is 0 Å². The molecule has 0 spiro atoms. The zero-order chi connectivity index (χ0) is 14.3. The summed E-state index contributed by atoms with van der Waals surface area (Å²) in [7, 11) is 3.24. The summed E-state index contributed by atoms with van der Waals surface area (Å²) < 4.78 is 10.5. The van der Waals surface area contributed by atoms with E-state index in [2.05, 4.69) is 6.58 Å². The summed E-state index contributed by atoms with van der Waals surface area (Å²) in [6.45, 7) is 5.66. The van der Waals surface area contributed by atoms with Crippen molar-refractivity contribution in [2.24, 2.45) is 5.41 Å². The van der Waals surface area contributed by atoms with Gasteiger partial charge in [0.15, 0.2) is 11.5 Å². The lowest BCUT2D eigenvalue weighted by atomic mass is 9.82. The fraction of sp³-hybridized carbons (Fsp3) is 0.438. The van der Waals surface area contributed by atoms with Gasteiger partial charge in [0.2, 0.25) is 0 Å². The molecular formula is C16H22O3. The molecule has 0 N–H and O–H groups in total. The summed E-state index contributed by atoms with van der Waals surface area (Å²) in [6, 6.07) is 5.85. The lowest BCUT2D eigenvalue weighted by molar-refractivity contribution is -0.115. The van der Waals surface area contributed by atoms with E-state index in [-0.39, 0.29) is 5.41 Å². The van der Waals surface area contributed by atoms with Gasteiger partial charge in [-0.3, -0.25) is 0 Å². The van der Waals surface area contributed by atoms with Crippen LogP contribution in [0.2, 0.25) is 0 Å². The van der Waals surface area contributed by atoms with Gasteiger partial charge in [-0.2, -0.15) is 0 Å². The number of ether oxygens (including phenoxy) is 2. The van der Waals surface area contributed by atoms with Gasteiger partial charge < -0.3 is 14.3 Å². The third-order valence-electron chi connectivity index (χ3n) is 3.33. The van der Waals surface area contributed by atoms with Crippen LogP contribution in [-0.2, 0) is 11.2 Å². The SMILES string of the molecule is C=CCC(C)(C=O)CCc1ccc(OC)c(OC)c1. The van der Waals surface area contributed by atoms with Crippen molar-refractivity contribution in [3.8, 4) is 11.5 Å². The minimum Gasteiger partial charge on any atom is -0.493 e. The Bertz CT molecular complexity index is 440. The van der Waals surface area contributed by atoms with Crippen LogP contribution in [0.4, 0.5) is 0 Å². The Morgan fingerprint density at radius 2 is 1.95 bits per heavy atom. The van der Waals surface area contributed by atoms with E-state index in [4.69, 9.17) is 9.47 Å². The normalized spacial score (nSPS) is 13.4. The molecule has 0 bridgehead atoms. The van der Waals surface area contributed by atoms with Crippen molar-refractivity contribution < 1.29 is 14.3 Å². The van der Waals surface area contributed by atoms with Crippen LogP contribution in [0.25, 0.3) is 0 Å². The van der Waals surface area contributed by atoms with Gasteiger partial charge >= 0.3 is 0 Å². The summed E-state index contributed by atoms with van der Waals surface area (Å²) in [6.07, 6.45) is 5.13. The molecule has 0 radical (unpaired) electrons. The summed E-state index contributed by atoms with van der Waals surface area (Å²) >= 11 is 0. The molecule has 0 heterocycles. The maximum atomic E-state index is 11.2. The van der Waals surface area contributed by atoms with Gasteiger partial charge in [0.25, 0.3) is 0 Å². The van der Waals surface area contributed by atoms with E-state index in [1.807, 2.05) is 25.1 Å². The Labute approximate surface area is 115 Å². The second-order valence-corrected chi connectivity index (χ2v) is 4.95. The van der Waals surface area contributed by atoms with E-state index in [1.54, 1.807) is 20.3 Å². The number of methoxy groups -OCH3 is 2. The smallest absolute Gasteiger partial charge is 0.160 e. The second-order valence-electron chi connectivity index (χ2n) is 4.95. The molecule has 0 saturated heterocycles. The maximum Gasteiger partial charge on any atom is 0.160 e. The highest BCUT2D eigenvalue weighted by molar-refractivity contribution is 5.59. The molecule has 1 unspecified atom stereocenters. The standard InChI is InChI=1S/C16H22O3/c1-5-9-16(2,12-17)10-8-13-6-7-14(18-3)15(11-13)19-4/h5-7,11-12H,1,8-10H2,2-4H3. The second kappa shape index (κ2) is 6.98. The number of carbonyl (C=O) groups is 1. The van der Waals surface area contributed by atoms with Crippen LogP contribution >= 0.6 is 0 Å². The molecule has 3 nitrogen and oxygen atoms in total. The molecular weight excluding hydrogens is 240 g/mol. The molecule has 1 aromatic rings. The molecule has 3 heteroatoms. The Balaban J connectivity index is 2.77. The molecule has 0 fully saturated rings. The number of allylic oxidation sites excluding steroid dienone is 1. The van der Waals surface area contributed by atoms with Gasteiger partial charge in [-0.25, -0.2) is 0 Å². The van der Waals surface area contributed by atoms with Gasteiger partial charge in [-0.1, -0.05) is 19.1 Å². The quantitative estimate of drug-likeness (QED) is 0.532. The molecule has 0 aliphatic heterocycles. The predicted octanol–water partition coefficient (Wildman–Crippen LogP) is 3.42. The molecule has 104 valence electrons. The monoisotopic (exact) mass is 262 g/mol. The van der Waals surface area contributed by atoms with E-state index in [1.165, 1.54) is 0 Å². The van der Waals surface area contributed by atoms with Crippen molar-refractivity contribution in [3.05, 3.63) is 36.4 Å². The fourth-order valence-electron chi connectivity index (χ4n) is 2.00. The number of benzene rings is 1. The van der Waals surface area contributed by atoms with Gasteiger partial charge in [-0.15, -0.1) is 6.58 Å². The number of hydrogen-bond donors (Lipinski definition) is 0. The first-order valence-electron chi connectivity index (χ1n) is 6.36. The first kappa shape index (κ1) is 15.3. The van der Waals surface area contributed by atoms with E-state index < -0.39 is 0 Å². The molecule has 0 aliphatic carbocycles. The van der Waals surface area contributed by atoms with Gasteiger partial charge in [0.05, 0.1) is 14.2 Å². The van der Waals surface area contributed by atoms with E-state index in [0.29, 0.717) is 6.42 Å². The Kier molecular flexibility index (Phi) is 5.61. The van der Waals surface area contributed by atoms with Gasteiger partial charge in [-0.05, 0) is 37.0 Å². The molecule has 1 atom stereocenters. The summed E-state index contributed by atoms with van der Waals surface area (Å²) in [5.74, 6) is 1.44. The van der Waals surface area contributed by atoms with Crippen molar-refractivity contribution in [2.45, 2.75) is 26.2 Å². The van der Waals surface area contributed by atoms with E-state index in [9.17, 15) is 4.79 Å². The molecule has 19 heavy (non-hydrogen) atoms. The minimum absolute atomic E-state index is 0.338. The van der Waals surface area contributed by atoms with Crippen LogP contribution in [-0.4, -0.2) is 20.5 Å². The van der Waals surface area contributed by atoms with Crippen LogP contribution < -0.4 is 9.47 Å². The van der Waals surface area contributed by atoms with Crippen LogP contribution in [0.15, 0.2) is 30.9 Å². The Hall–Kier alpha value is -1.77. The van der Waals surface area contributed by atoms with Crippen LogP contribution in [0.3, 0.4) is 0 Å². The summed E-state index contributed by atoms with van der Waals surface area (Å²) in [5, 5.41) is 0. The third-order valence-corrected chi connectivity index (χ3v) is 3.33. The maximum absolute atomic E-state index is 11.2. The molecule has 1 aromatic carbocycles. The lowest BCUT2D eigenvalue weighted by Crippen LogP contribution is -2.18. The van der Waals surface area contributed by atoms with Gasteiger partial charge in [0.1, 0.15) is 6.29 Å². The number of carbonyl (C=O) groups excluding carboxylic acids is 1. The first-order valence-corrected chi connectivity index (χ1v) is 6.36. The number of hydrogen-bond acceptors (Lipinski definition) is 3. The van der Waals surface area contributed by atoms with Crippen molar-refractivity contribution in [3.63, 3.8) is 0 Å². The fourth-order valence-corrected chi connectivity index (χ4v) is 2.00. The molecule has 0 aliphatic rings. The molecule has 0 aromatic heterocycles. The van der Waals surface area contributed by atoms with Gasteiger partial charge in [0, 0.05) is 5.41 Å². The average molecular weight is 262 g/mol. The summed E-state index contributed by atoms with van der Waals surface area (Å²) in [4.78, 5) is 11.2. The number of aldehydes is 1. The van der Waals surface area contributed by atoms with E-state index >= 15 is 0 Å². The van der Waals surface area contributed by atoms with Crippen molar-refractivity contribution in [1.82, 2.24) is 0 Å². The molecule has 1 rings (SSSR count). The topological polar surface area (TPSA) is 35.5 Å². The van der Waals surface area contributed by atoms with Crippen molar-refractivity contribution in [2.75, 3.05) is 14.2 Å². The zero-order valence-corrected chi connectivity index (χ0v) is 11.9. The number of rotatable bonds is 8. The van der Waals surface area contributed by atoms with Crippen LogP contribution in [0.5, 0.6) is 11.5 Å². The lowest BCUT2D eigenvalue weighted by Gasteiger charge is -2.21. The van der Waals surface area contributed by atoms with E-state index in [0.717, 1.165) is 36.2 Å². The highest BCUT2D eigenvalue weighted by Crippen LogP contribution is 2.30. The Morgan fingerprint density at radius 1 is 1.26 bits per heavy atom. The Morgan fingerprint density at radius 3 is 2.47 bits per heavy atom. The average Bonchev–Trinajstić information content (AvgIpc) is 2.45. The van der Waals surface area contributed by atoms with Crippen LogP contribution in [0, 0.1) is 5.41 Å². The zero-order valence-electron chi connectivity index (χ0n) is 11.9. The largest absolute Gasteiger partial charge is 0.493 e. The highest BCUT2D eigenvalue weighted by atomic mass is 16.5. The number of aryl methyl sites for hydroxylation is 1. The predicted molar refractivity (Wildman–Crippen MR) is 76.9 cm³/mol. The molecule has 0 amide bonds. The van der Waals surface area contributed by atoms with Crippen molar-refractivity contribution >= 4 is 6.29 Å². The minimum atomic E-state index is -0.338.